The highest BCUT2D eigenvalue weighted by Crippen LogP contribution is 2.39. The van der Waals surface area contributed by atoms with E-state index in [1.807, 2.05) is 26.8 Å². The van der Waals surface area contributed by atoms with Gasteiger partial charge in [0.1, 0.15) is 5.76 Å². The second-order valence-corrected chi connectivity index (χ2v) is 6.75. The number of aliphatic hydroxyl groups is 1. The number of carbonyl (C=O) groups excluding carboxylic acids is 1. The van der Waals surface area contributed by atoms with Gasteiger partial charge < -0.3 is 10.4 Å². The summed E-state index contributed by atoms with van der Waals surface area (Å²) in [6.07, 6.45) is 2.42. The molecule has 3 nitrogen and oxygen atoms in total. The van der Waals surface area contributed by atoms with E-state index in [1.165, 1.54) is 0 Å². The molecule has 1 aliphatic heterocycles. The standard InChI is InChI=1S/C17H22BrNO2/c1-5-7-17(4)15(20)14(16(21)19-17)13-11(6-2)8-10(3)9-12(13)18/h8-9,20H,5-7H2,1-4H3,(H,19,21). The van der Waals surface area contributed by atoms with Gasteiger partial charge in [-0.15, -0.1) is 0 Å². The molecule has 0 bridgehead atoms. The van der Waals surface area contributed by atoms with E-state index in [0.717, 1.165) is 40.4 Å². The van der Waals surface area contributed by atoms with E-state index in [0.29, 0.717) is 5.57 Å². The molecule has 0 aromatic heterocycles. The van der Waals surface area contributed by atoms with Gasteiger partial charge in [0.2, 0.25) is 0 Å². The maximum absolute atomic E-state index is 12.4. The molecule has 1 aliphatic rings. The highest BCUT2D eigenvalue weighted by Gasteiger charge is 2.42. The van der Waals surface area contributed by atoms with Crippen LogP contribution in [-0.4, -0.2) is 16.6 Å². The van der Waals surface area contributed by atoms with E-state index in [-0.39, 0.29) is 11.7 Å². The summed E-state index contributed by atoms with van der Waals surface area (Å²) in [6.45, 7) is 8.00. The average Bonchev–Trinajstić information content (AvgIpc) is 2.61. The lowest BCUT2D eigenvalue weighted by Gasteiger charge is -2.23. The maximum atomic E-state index is 12.4. The number of aryl methyl sites for hydroxylation is 2. The number of aliphatic hydroxyl groups excluding tert-OH is 1. The molecule has 0 saturated carbocycles. The summed E-state index contributed by atoms with van der Waals surface area (Å²) in [5, 5.41) is 13.6. The van der Waals surface area contributed by atoms with Gasteiger partial charge in [0.05, 0.1) is 11.1 Å². The Kier molecular flexibility index (Phi) is 4.47. The molecule has 1 aromatic rings. The van der Waals surface area contributed by atoms with Gasteiger partial charge in [-0.3, -0.25) is 4.79 Å². The van der Waals surface area contributed by atoms with Gasteiger partial charge in [0.15, 0.2) is 0 Å². The minimum absolute atomic E-state index is 0.161. The first-order valence-electron chi connectivity index (χ1n) is 7.39. The lowest BCUT2D eigenvalue weighted by molar-refractivity contribution is -0.116. The number of hydrogen-bond acceptors (Lipinski definition) is 2. The number of benzene rings is 1. The zero-order chi connectivity index (χ0) is 15.8. The van der Waals surface area contributed by atoms with Crippen molar-refractivity contribution in [1.82, 2.24) is 5.32 Å². The monoisotopic (exact) mass is 351 g/mol. The van der Waals surface area contributed by atoms with E-state index in [1.54, 1.807) is 0 Å². The fourth-order valence-corrected chi connectivity index (χ4v) is 3.86. The second-order valence-electron chi connectivity index (χ2n) is 5.89. The van der Waals surface area contributed by atoms with Gasteiger partial charge in [-0.05, 0) is 43.9 Å². The molecule has 0 saturated heterocycles. The normalized spacial score (nSPS) is 21.9. The smallest absolute Gasteiger partial charge is 0.256 e. The van der Waals surface area contributed by atoms with Crippen molar-refractivity contribution >= 4 is 27.4 Å². The van der Waals surface area contributed by atoms with Gasteiger partial charge in [0, 0.05) is 10.0 Å². The van der Waals surface area contributed by atoms with Crippen molar-refractivity contribution in [3.05, 3.63) is 39.1 Å². The zero-order valence-electron chi connectivity index (χ0n) is 13.0. The van der Waals surface area contributed by atoms with Crippen molar-refractivity contribution in [3.8, 4) is 0 Å². The fourth-order valence-electron chi connectivity index (χ4n) is 3.04. The Bertz CT molecular complexity index is 621. The van der Waals surface area contributed by atoms with Crippen LogP contribution < -0.4 is 5.32 Å². The first-order chi connectivity index (χ1) is 9.84. The summed E-state index contributed by atoms with van der Waals surface area (Å²) in [6, 6.07) is 4.06. The number of hydrogen-bond donors (Lipinski definition) is 2. The summed E-state index contributed by atoms with van der Waals surface area (Å²) in [4.78, 5) is 12.4. The maximum Gasteiger partial charge on any atom is 0.256 e. The molecule has 2 N–H and O–H groups in total. The Balaban J connectivity index is 2.66. The number of halogens is 1. The van der Waals surface area contributed by atoms with E-state index in [2.05, 4.69) is 34.2 Å². The third kappa shape index (κ3) is 2.73. The van der Waals surface area contributed by atoms with Gasteiger partial charge >= 0.3 is 0 Å². The van der Waals surface area contributed by atoms with Crippen LogP contribution in [0.1, 0.15) is 50.3 Å². The first-order valence-corrected chi connectivity index (χ1v) is 8.19. The zero-order valence-corrected chi connectivity index (χ0v) is 14.6. The molecule has 2 rings (SSSR count). The number of amides is 1. The lowest BCUT2D eigenvalue weighted by atomic mass is 9.91. The van der Waals surface area contributed by atoms with Gasteiger partial charge in [0.25, 0.3) is 5.91 Å². The van der Waals surface area contributed by atoms with Crippen molar-refractivity contribution in [3.63, 3.8) is 0 Å². The quantitative estimate of drug-likeness (QED) is 0.850. The van der Waals surface area contributed by atoms with Crippen molar-refractivity contribution in [2.75, 3.05) is 0 Å². The molecule has 1 aromatic carbocycles. The Morgan fingerprint density at radius 1 is 1.33 bits per heavy atom. The van der Waals surface area contributed by atoms with E-state index in [9.17, 15) is 9.90 Å². The topological polar surface area (TPSA) is 49.3 Å². The summed E-state index contributed by atoms with van der Waals surface area (Å²) in [5.74, 6) is -0.0312. The predicted octanol–water partition coefficient (Wildman–Crippen LogP) is 4.28. The Morgan fingerprint density at radius 2 is 2.00 bits per heavy atom. The summed E-state index contributed by atoms with van der Waals surface area (Å²) < 4.78 is 0.858. The van der Waals surface area contributed by atoms with E-state index >= 15 is 0 Å². The van der Waals surface area contributed by atoms with Gasteiger partial charge in [-0.1, -0.05) is 42.3 Å². The Hall–Kier alpha value is -1.29. The highest BCUT2D eigenvalue weighted by atomic mass is 79.9. The van der Waals surface area contributed by atoms with E-state index in [4.69, 9.17) is 0 Å². The minimum Gasteiger partial charge on any atom is -0.509 e. The van der Waals surface area contributed by atoms with Crippen molar-refractivity contribution in [1.29, 1.82) is 0 Å². The van der Waals surface area contributed by atoms with Crippen LogP contribution in [0.25, 0.3) is 5.57 Å². The summed E-state index contributed by atoms with van der Waals surface area (Å²) in [5.41, 5.74) is 2.78. The molecule has 0 spiro atoms. The van der Waals surface area contributed by atoms with Crippen LogP contribution >= 0.6 is 15.9 Å². The molecule has 1 unspecified atom stereocenters. The minimum atomic E-state index is -0.656. The van der Waals surface area contributed by atoms with Crippen LogP contribution in [0.15, 0.2) is 22.4 Å². The van der Waals surface area contributed by atoms with Crippen LogP contribution in [0.3, 0.4) is 0 Å². The summed E-state index contributed by atoms with van der Waals surface area (Å²) >= 11 is 3.56. The molecule has 4 heteroatoms. The molecule has 0 fully saturated rings. The third-order valence-electron chi connectivity index (χ3n) is 4.07. The van der Waals surface area contributed by atoms with E-state index < -0.39 is 5.54 Å². The molecular weight excluding hydrogens is 330 g/mol. The number of rotatable bonds is 4. The highest BCUT2D eigenvalue weighted by molar-refractivity contribution is 9.10. The Morgan fingerprint density at radius 3 is 2.57 bits per heavy atom. The number of carbonyl (C=O) groups is 1. The molecule has 1 atom stereocenters. The molecular formula is C17H22BrNO2. The third-order valence-corrected chi connectivity index (χ3v) is 4.70. The average molecular weight is 352 g/mol. The molecule has 114 valence electrons. The molecule has 0 radical (unpaired) electrons. The Labute approximate surface area is 134 Å². The van der Waals surface area contributed by atoms with Crippen molar-refractivity contribution in [2.45, 2.75) is 52.5 Å². The fraction of sp³-hybridized carbons (Fsp3) is 0.471. The number of nitrogens with one attached hydrogen (secondary N) is 1. The molecule has 1 heterocycles. The van der Waals surface area contributed by atoms with Crippen LogP contribution in [0, 0.1) is 6.92 Å². The van der Waals surface area contributed by atoms with Crippen LogP contribution in [-0.2, 0) is 11.2 Å². The van der Waals surface area contributed by atoms with Crippen molar-refractivity contribution in [2.24, 2.45) is 0 Å². The van der Waals surface area contributed by atoms with Crippen LogP contribution in [0.2, 0.25) is 0 Å². The predicted molar refractivity (Wildman–Crippen MR) is 89.3 cm³/mol. The first kappa shape index (κ1) is 16.1. The largest absolute Gasteiger partial charge is 0.509 e. The van der Waals surface area contributed by atoms with Gasteiger partial charge in [-0.25, -0.2) is 0 Å². The second kappa shape index (κ2) is 5.84. The van der Waals surface area contributed by atoms with Crippen LogP contribution in [0.4, 0.5) is 0 Å². The SMILES string of the molecule is CCCC1(C)NC(=O)C(c2c(Br)cc(C)cc2CC)=C1O. The van der Waals surface area contributed by atoms with Crippen molar-refractivity contribution < 1.29 is 9.90 Å². The van der Waals surface area contributed by atoms with Crippen LogP contribution in [0.5, 0.6) is 0 Å². The molecule has 1 amide bonds. The lowest BCUT2D eigenvalue weighted by Crippen LogP contribution is -2.41. The molecule has 0 aliphatic carbocycles. The molecule has 21 heavy (non-hydrogen) atoms. The summed E-state index contributed by atoms with van der Waals surface area (Å²) in [7, 11) is 0. The van der Waals surface area contributed by atoms with Gasteiger partial charge in [-0.2, -0.15) is 0 Å².